The lowest BCUT2D eigenvalue weighted by Gasteiger charge is -2.30. The molecule has 0 aromatic heterocycles. The number of methoxy groups -OCH3 is 2. The molecule has 1 aliphatic rings. The molecule has 1 heterocycles. The number of aryl methyl sites for hydroxylation is 1. The molecular weight excluding hydrogens is 298 g/mol. The minimum Gasteiger partial charge on any atom is -0.497 e. The molecule has 6 nitrogen and oxygen atoms in total. The number of nitrogens with zero attached hydrogens (tertiary/aromatic N) is 1. The Morgan fingerprint density at radius 2 is 2.09 bits per heavy atom. The molecule has 6 heteroatoms. The lowest BCUT2D eigenvalue weighted by molar-refractivity contribution is -0.145. The molecule has 1 saturated heterocycles. The Morgan fingerprint density at radius 3 is 2.74 bits per heavy atom. The van der Waals surface area contributed by atoms with Crippen LogP contribution < -0.4 is 9.47 Å². The fraction of sp³-hybridized carbons (Fsp3) is 0.529. The van der Waals surface area contributed by atoms with E-state index in [-0.39, 0.29) is 5.91 Å². The van der Waals surface area contributed by atoms with Crippen LogP contribution in [0.3, 0.4) is 0 Å². The number of hydrogen-bond donors (Lipinski definition) is 1. The number of piperidine rings is 1. The molecule has 1 unspecified atom stereocenters. The number of rotatable bonds is 6. The van der Waals surface area contributed by atoms with E-state index in [1.54, 1.807) is 19.1 Å². The van der Waals surface area contributed by atoms with Gasteiger partial charge < -0.3 is 19.5 Å². The Balaban J connectivity index is 1.97. The van der Waals surface area contributed by atoms with Crippen molar-refractivity contribution in [2.75, 3.05) is 27.3 Å². The zero-order valence-electron chi connectivity index (χ0n) is 13.6. The number of aliphatic carboxylic acids is 1. The smallest absolute Gasteiger partial charge is 0.308 e. The van der Waals surface area contributed by atoms with E-state index in [9.17, 15) is 9.59 Å². The summed E-state index contributed by atoms with van der Waals surface area (Å²) in [5.41, 5.74) is 0.909. The first-order valence-electron chi connectivity index (χ1n) is 7.76. The minimum absolute atomic E-state index is 0.0131. The second kappa shape index (κ2) is 7.85. The molecular formula is C17H23NO5. The highest BCUT2D eigenvalue weighted by Crippen LogP contribution is 2.26. The fourth-order valence-electron chi connectivity index (χ4n) is 2.88. The van der Waals surface area contributed by atoms with E-state index in [4.69, 9.17) is 14.6 Å². The zero-order valence-corrected chi connectivity index (χ0v) is 13.6. The van der Waals surface area contributed by atoms with E-state index in [1.807, 2.05) is 18.2 Å². The number of amides is 1. The monoisotopic (exact) mass is 321 g/mol. The predicted molar refractivity (Wildman–Crippen MR) is 84.8 cm³/mol. The van der Waals surface area contributed by atoms with E-state index in [0.717, 1.165) is 23.5 Å². The van der Waals surface area contributed by atoms with Gasteiger partial charge in [0.25, 0.3) is 0 Å². The minimum atomic E-state index is -0.822. The standard InChI is InChI=1S/C17H23NO5/c1-22-14-6-7-15(23-2)12(10-14)5-8-16(19)18-9-3-4-13(11-18)17(20)21/h6-7,10,13H,3-5,8-9,11H2,1-2H3,(H,20,21). The molecule has 126 valence electrons. The first kappa shape index (κ1) is 17.1. The molecule has 1 N–H and O–H groups in total. The van der Waals surface area contributed by atoms with Crippen molar-refractivity contribution in [1.29, 1.82) is 0 Å². The number of ether oxygens (including phenoxy) is 2. The molecule has 0 saturated carbocycles. The van der Waals surface area contributed by atoms with Gasteiger partial charge in [-0.25, -0.2) is 0 Å². The summed E-state index contributed by atoms with van der Waals surface area (Å²) in [6, 6.07) is 5.49. The molecule has 23 heavy (non-hydrogen) atoms. The highest BCUT2D eigenvalue weighted by molar-refractivity contribution is 5.78. The van der Waals surface area contributed by atoms with Gasteiger partial charge in [-0.15, -0.1) is 0 Å². The van der Waals surface area contributed by atoms with E-state index in [0.29, 0.717) is 32.4 Å². The first-order valence-corrected chi connectivity index (χ1v) is 7.76. The number of carbonyl (C=O) groups excluding carboxylic acids is 1. The van der Waals surface area contributed by atoms with E-state index < -0.39 is 11.9 Å². The molecule has 0 aliphatic carbocycles. The highest BCUT2D eigenvalue weighted by atomic mass is 16.5. The van der Waals surface area contributed by atoms with Crippen LogP contribution in [-0.4, -0.2) is 49.2 Å². The maximum Gasteiger partial charge on any atom is 0.308 e. The molecule has 1 aliphatic heterocycles. The molecule has 1 aromatic carbocycles. The van der Waals surface area contributed by atoms with Crippen molar-refractivity contribution in [2.24, 2.45) is 5.92 Å². The lowest BCUT2D eigenvalue weighted by atomic mass is 9.97. The van der Waals surface area contributed by atoms with Crippen molar-refractivity contribution < 1.29 is 24.2 Å². The van der Waals surface area contributed by atoms with Crippen molar-refractivity contribution in [3.05, 3.63) is 23.8 Å². The van der Waals surface area contributed by atoms with Crippen molar-refractivity contribution in [3.8, 4) is 11.5 Å². The van der Waals surface area contributed by atoms with Crippen LogP contribution in [0, 0.1) is 5.92 Å². The topological polar surface area (TPSA) is 76.1 Å². The molecule has 1 atom stereocenters. The second-order valence-electron chi connectivity index (χ2n) is 5.69. The van der Waals surface area contributed by atoms with Gasteiger partial charge in [0.1, 0.15) is 11.5 Å². The normalized spacial score (nSPS) is 17.7. The summed E-state index contributed by atoms with van der Waals surface area (Å²) in [5, 5.41) is 9.10. The van der Waals surface area contributed by atoms with Gasteiger partial charge in [0.15, 0.2) is 0 Å². The summed E-state index contributed by atoms with van der Waals surface area (Å²) in [6.07, 6.45) is 2.25. The number of hydrogen-bond acceptors (Lipinski definition) is 4. The van der Waals surface area contributed by atoms with Gasteiger partial charge in [-0.3, -0.25) is 9.59 Å². The Bertz CT molecular complexity index is 572. The first-order chi connectivity index (χ1) is 11.0. The molecule has 0 radical (unpaired) electrons. The summed E-state index contributed by atoms with van der Waals surface area (Å²) < 4.78 is 10.5. The predicted octanol–water partition coefficient (Wildman–Crippen LogP) is 1.96. The van der Waals surface area contributed by atoms with E-state index in [2.05, 4.69) is 0 Å². The second-order valence-corrected chi connectivity index (χ2v) is 5.69. The van der Waals surface area contributed by atoms with Gasteiger partial charge in [-0.05, 0) is 43.0 Å². The molecule has 1 fully saturated rings. The number of carboxylic acid groups (broad SMARTS) is 1. The Labute approximate surface area is 136 Å². The lowest BCUT2D eigenvalue weighted by Crippen LogP contribution is -2.42. The van der Waals surface area contributed by atoms with Crippen molar-refractivity contribution in [2.45, 2.75) is 25.7 Å². The molecule has 0 spiro atoms. The van der Waals surface area contributed by atoms with E-state index >= 15 is 0 Å². The summed E-state index contributed by atoms with van der Waals surface area (Å²) in [4.78, 5) is 25.1. The van der Waals surface area contributed by atoms with Crippen molar-refractivity contribution in [1.82, 2.24) is 4.90 Å². The number of benzene rings is 1. The maximum atomic E-state index is 12.4. The van der Waals surface area contributed by atoms with Crippen molar-refractivity contribution in [3.63, 3.8) is 0 Å². The molecule has 1 amide bonds. The van der Waals surface area contributed by atoms with Crippen LogP contribution in [0.1, 0.15) is 24.8 Å². The fourth-order valence-corrected chi connectivity index (χ4v) is 2.88. The van der Waals surface area contributed by atoms with Crippen LogP contribution in [0.4, 0.5) is 0 Å². The summed E-state index contributed by atoms with van der Waals surface area (Å²) in [5.74, 6) is 0.162. The zero-order chi connectivity index (χ0) is 16.8. The quantitative estimate of drug-likeness (QED) is 0.867. The van der Waals surface area contributed by atoms with Gasteiger partial charge in [0.2, 0.25) is 5.91 Å². The van der Waals surface area contributed by atoms with Crippen LogP contribution in [0.15, 0.2) is 18.2 Å². The van der Waals surface area contributed by atoms with Gasteiger partial charge in [-0.1, -0.05) is 0 Å². The average molecular weight is 321 g/mol. The average Bonchev–Trinajstić information content (AvgIpc) is 2.59. The third-order valence-corrected chi connectivity index (χ3v) is 4.22. The van der Waals surface area contributed by atoms with Crippen LogP contribution in [0.2, 0.25) is 0 Å². The van der Waals surface area contributed by atoms with Crippen molar-refractivity contribution >= 4 is 11.9 Å². The number of carboxylic acids is 1. The largest absolute Gasteiger partial charge is 0.497 e. The van der Waals surface area contributed by atoms with Crippen LogP contribution in [0.5, 0.6) is 11.5 Å². The van der Waals surface area contributed by atoms with Gasteiger partial charge in [0.05, 0.1) is 20.1 Å². The third kappa shape index (κ3) is 4.37. The Morgan fingerprint density at radius 1 is 1.30 bits per heavy atom. The van der Waals surface area contributed by atoms with Crippen LogP contribution in [-0.2, 0) is 16.0 Å². The highest BCUT2D eigenvalue weighted by Gasteiger charge is 2.27. The Kier molecular flexibility index (Phi) is 5.84. The number of likely N-dealkylation sites (tertiary alicyclic amines) is 1. The molecule has 2 rings (SSSR count). The van der Waals surface area contributed by atoms with Crippen LogP contribution >= 0.6 is 0 Å². The summed E-state index contributed by atoms with van der Waals surface area (Å²) in [7, 11) is 3.19. The SMILES string of the molecule is COc1ccc(OC)c(CCC(=O)N2CCCC(C(=O)O)C2)c1. The Hall–Kier alpha value is -2.24. The number of carbonyl (C=O) groups is 2. The molecule has 0 bridgehead atoms. The third-order valence-electron chi connectivity index (χ3n) is 4.22. The van der Waals surface area contributed by atoms with E-state index in [1.165, 1.54) is 0 Å². The van der Waals surface area contributed by atoms with Gasteiger partial charge in [-0.2, -0.15) is 0 Å². The molecule has 1 aromatic rings. The maximum absolute atomic E-state index is 12.4. The van der Waals surface area contributed by atoms with Gasteiger partial charge >= 0.3 is 5.97 Å². The van der Waals surface area contributed by atoms with Crippen LogP contribution in [0.25, 0.3) is 0 Å². The summed E-state index contributed by atoms with van der Waals surface area (Å²) >= 11 is 0. The summed E-state index contributed by atoms with van der Waals surface area (Å²) in [6.45, 7) is 0.946. The van der Waals surface area contributed by atoms with Gasteiger partial charge in [0, 0.05) is 19.5 Å².